The van der Waals surface area contributed by atoms with Gasteiger partial charge in [-0.1, -0.05) is 30.3 Å². The third-order valence-electron chi connectivity index (χ3n) is 4.57. The summed E-state index contributed by atoms with van der Waals surface area (Å²) in [5.74, 6) is 1.15. The van der Waals surface area contributed by atoms with Gasteiger partial charge in [-0.2, -0.15) is 0 Å². The van der Waals surface area contributed by atoms with Crippen LogP contribution in [0.4, 0.5) is 0 Å². The topological polar surface area (TPSA) is 35.5 Å². The molecule has 0 aromatic heterocycles. The average Bonchev–Trinajstić information content (AvgIpc) is 2.77. The molecule has 0 bridgehead atoms. The van der Waals surface area contributed by atoms with Crippen molar-refractivity contribution in [2.75, 3.05) is 19.5 Å². The fourth-order valence-corrected chi connectivity index (χ4v) is 4.54. The first-order valence-electron chi connectivity index (χ1n) is 9.61. The highest BCUT2D eigenvalue weighted by atomic mass is 127. The van der Waals surface area contributed by atoms with E-state index < -0.39 is 0 Å². The third kappa shape index (κ3) is 7.25. The number of carbonyl (C=O) groups excluding carboxylic acids is 1. The fraction of sp³-hybridized carbons (Fsp3) is 0.160. The lowest BCUT2D eigenvalue weighted by molar-refractivity contribution is -0.142. The molecule has 0 unspecified atom stereocenters. The van der Waals surface area contributed by atoms with Crippen LogP contribution in [0.25, 0.3) is 5.57 Å². The Morgan fingerprint density at radius 3 is 2.03 bits per heavy atom. The van der Waals surface area contributed by atoms with Crippen LogP contribution in [0.3, 0.4) is 0 Å². The van der Waals surface area contributed by atoms with Crippen molar-refractivity contribution in [1.82, 2.24) is 0 Å². The first-order valence-corrected chi connectivity index (χ1v) is 12.8. The summed E-state index contributed by atoms with van der Waals surface area (Å²) >= 11 is 6.43. The fourth-order valence-electron chi connectivity index (χ4n) is 2.95. The van der Waals surface area contributed by atoms with E-state index >= 15 is 0 Å². The van der Waals surface area contributed by atoms with Crippen molar-refractivity contribution in [2.45, 2.75) is 11.8 Å². The van der Waals surface area contributed by atoms with E-state index in [0.29, 0.717) is 5.75 Å². The minimum absolute atomic E-state index is 0.0814. The second-order valence-electron chi connectivity index (χ2n) is 6.73. The van der Waals surface area contributed by atoms with Crippen molar-refractivity contribution >= 4 is 68.5 Å². The molecule has 3 aromatic carbocycles. The monoisotopic (exact) mass is 656 g/mol. The summed E-state index contributed by atoms with van der Waals surface area (Å²) in [6.45, 7) is 1.90. The third-order valence-corrected chi connectivity index (χ3v) is 6.93. The van der Waals surface area contributed by atoms with Crippen molar-refractivity contribution in [2.24, 2.45) is 0 Å². The SMILES string of the molecule is COC(=O)COc1ccc(SCC=C(c2ccc(I)cc2)c2ccc(I)cc2)cc1C. The molecule has 3 nitrogen and oxygen atoms in total. The summed E-state index contributed by atoms with van der Waals surface area (Å²) in [5.41, 5.74) is 4.65. The van der Waals surface area contributed by atoms with Gasteiger partial charge < -0.3 is 9.47 Å². The van der Waals surface area contributed by atoms with Crippen molar-refractivity contribution < 1.29 is 14.3 Å². The van der Waals surface area contributed by atoms with Crippen LogP contribution in [0.2, 0.25) is 0 Å². The van der Waals surface area contributed by atoms with Crippen LogP contribution in [0.1, 0.15) is 16.7 Å². The molecule has 3 rings (SSSR count). The molecule has 160 valence electrons. The Bertz CT molecular complexity index is 1010. The number of aryl methyl sites for hydroxylation is 1. The van der Waals surface area contributed by atoms with Gasteiger partial charge in [0.25, 0.3) is 0 Å². The highest BCUT2D eigenvalue weighted by Gasteiger charge is 2.08. The van der Waals surface area contributed by atoms with E-state index in [4.69, 9.17) is 4.74 Å². The Morgan fingerprint density at radius 2 is 1.52 bits per heavy atom. The van der Waals surface area contributed by atoms with Crippen molar-refractivity contribution in [1.29, 1.82) is 0 Å². The Hall–Kier alpha value is -1.52. The largest absolute Gasteiger partial charge is 0.482 e. The van der Waals surface area contributed by atoms with Gasteiger partial charge in [-0.15, -0.1) is 11.8 Å². The highest BCUT2D eigenvalue weighted by molar-refractivity contribution is 14.1. The number of rotatable bonds is 8. The van der Waals surface area contributed by atoms with Gasteiger partial charge in [-0.25, -0.2) is 4.79 Å². The summed E-state index contributed by atoms with van der Waals surface area (Å²) in [6.07, 6.45) is 2.28. The predicted molar refractivity (Wildman–Crippen MR) is 145 cm³/mol. The van der Waals surface area contributed by atoms with E-state index in [1.807, 2.05) is 19.1 Å². The number of hydrogen-bond donors (Lipinski definition) is 0. The first-order chi connectivity index (χ1) is 15.0. The van der Waals surface area contributed by atoms with Gasteiger partial charge >= 0.3 is 5.97 Å². The molecule has 0 heterocycles. The van der Waals surface area contributed by atoms with E-state index in [1.54, 1.807) is 11.8 Å². The maximum Gasteiger partial charge on any atom is 0.343 e. The molecular formula is C25H22I2O3S. The molecule has 31 heavy (non-hydrogen) atoms. The second-order valence-corrected chi connectivity index (χ2v) is 10.3. The molecule has 0 aliphatic carbocycles. The maximum atomic E-state index is 11.3. The quantitative estimate of drug-likeness (QED) is 0.149. The second kappa shape index (κ2) is 11.9. The number of benzene rings is 3. The smallest absolute Gasteiger partial charge is 0.343 e. The molecule has 0 saturated heterocycles. The van der Waals surface area contributed by atoms with E-state index in [0.717, 1.165) is 16.2 Å². The molecule has 6 heteroatoms. The lowest BCUT2D eigenvalue weighted by Gasteiger charge is -2.11. The molecule has 3 aromatic rings. The van der Waals surface area contributed by atoms with Gasteiger partial charge in [-0.05, 0) is 117 Å². The number of methoxy groups -OCH3 is 1. The molecule has 0 spiro atoms. The zero-order chi connectivity index (χ0) is 22.2. The summed E-state index contributed by atoms with van der Waals surface area (Å²) in [5, 5.41) is 0. The van der Waals surface area contributed by atoms with Crippen LogP contribution in [0, 0.1) is 14.1 Å². The Balaban J connectivity index is 1.75. The van der Waals surface area contributed by atoms with Crippen LogP contribution < -0.4 is 4.74 Å². The Labute approximate surface area is 214 Å². The molecule has 0 amide bonds. The number of thioether (sulfide) groups is 1. The van der Waals surface area contributed by atoms with E-state index in [2.05, 4.69) is 111 Å². The van der Waals surface area contributed by atoms with Gasteiger partial charge in [0.05, 0.1) is 7.11 Å². The highest BCUT2D eigenvalue weighted by Crippen LogP contribution is 2.29. The van der Waals surface area contributed by atoms with Crippen LogP contribution in [0.5, 0.6) is 5.75 Å². The summed E-state index contributed by atoms with van der Waals surface area (Å²) in [7, 11) is 1.35. The first kappa shape index (κ1) is 24.1. The van der Waals surface area contributed by atoms with E-state index in [1.165, 1.54) is 31.0 Å². The van der Waals surface area contributed by atoms with Crippen LogP contribution >= 0.6 is 56.9 Å². The molecular weight excluding hydrogens is 634 g/mol. The number of esters is 1. The van der Waals surface area contributed by atoms with E-state index in [9.17, 15) is 4.79 Å². The molecule has 0 fully saturated rings. The van der Waals surface area contributed by atoms with Crippen molar-refractivity contribution in [3.63, 3.8) is 0 Å². The van der Waals surface area contributed by atoms with Gasteiger partial charge in [0.15, 0.2) is 6.61 Å². The lowest BCUT2D eigenvalue weighted by atomic mass is 9.98. The van der Waals surface area contributed by atoms with Crippen LogP contribution in [0.15, 0.2) is 77.7 Å². The predicted octanol–water partition coefficient (Wildman–Crippen LogP) is 6.98. The van der Waals surface area contributed by atoms with Crippen molar-refractivity contribution in [3.05, 3.63) is 96.6 Å². The molecule has 0 saturated carbocycles. The summed E-state index contributed by atoms with van der Waals surface area (Å²) in [6, 6.07) is 23.3. The molecule has 0 atom stereocenters. The van der Waals surface area contributed by atoms with Gasteiger partial charge in [-0.3, -0.25) is 0 Å². The standard InChI is InChI=1S/C25H22I2O3S/c1-17-15-22(11-12-24(17)30-16-25(28)29-2)31-14-13-23(18-3-7-20(26)8-4-18)19-5-9-21(27)10-6-19/h3-13,15H,14,16H2,1-2H3. The zero-order valence-corrected chi connectivity index (χ0v) is 22.4. The van der Waals surface area contributed by atoms with Crippen LogP contribution in [-0.2, 0) is 9.53 Å². The summed E-state index contributed by atoms with van der Waals surface area (Å²) in [4.78, 5) is 12.4. The number of halogens is 2. The zero-order valence-electron chi connectivity index (χ0n) is 17.2. The van der Waals surface area contributed by atoms with Gasteiger partial charge in [0.1, 0.15) is 5.75 Å². The molecule has 0 radical (unpaired) electrons. The van der Waals surface area contributed by atoms with Crippen LogP contribution in [-0.4, -0.2) is 25.4 Å². The Morgan fingerprint density at radius 1 is 0.935 bits per heavy atom. The average molecular weight is 656 g/mol. The van der Waals surface area contributed by atoms with E-state index in [-0.39, 0.29) is 12.6 Å². The van der Waals surface area contributed by atoms with Gasteiger partial charge in [0.2, 0.25) is 0 Å². The Kier molecular flexibility index (Phi) is 9.28. The number of carbonyl (C=O) groups is 1. The lowest BCUT2D eigenvalue weighted by Crippen LogP contribution is -2.12. The minimum Gasteiger partial charge on any atom is -0.482 e. The number of hydrogen-bond acceptors (Lipinski definition) is 4. The van der Waals surface area contributed by atoms with Crippen molar-refractivity contribution in [3.8, 4) is 5.75 Å². The molecule has 0 aliphatic heterocycles. The minimum atomic E-state index is -0.387. The normalized spacial score (nSPS) is 10.5. The maximum absolute atomic E-state index is 11.3. The van der Waals surface area contributed by atoms with Gasteiger partial charge in [0, 0.05) is 17.8 Å². The summed E-state index contributed by atoms with van der Waals surface area (Å²) < 4.78 is 12.6. The molecule has 0 aliphatic rings. The number of ether oxygens (including phenoxy) is 2. The molecule has 0 N–H and O–H groups in total.